The fourth-order valence-corrected chi connectivity index (χ4v) is 1.31. The van der Waals surface area contributed by atoms with Crippen LogP contribution in [-0.4, -0.2) is 16.9 Å². The molecule has 0 spiro atoms. The van der Waals surface area contributed by atoms with Crippen molar-refractivity contribution in [1.29, 1.82) is 0 Å². The van der Waals surface area contributed by atoms with Gasteiger partial charge in [-0.25, -0.2) is 4.39 Å². The number of anilines is 1. The molecule has 7 heteroatoms. The van der Waals surface area contributed by atoms with Gasteiger partial charge < -0.3 is 11.1 Å². The van der Waals surface area contributed by atoms with E-state index in [0.717, 1.165) is 12.1 Å². The molecule has 6 nitrogen and oxygen atoms in total. The molecule has 0 unspecified atom stereocenters. The number of nitro benzene ring substituents is 1. The van der Waals surface area contributed by atoms with E-state index < -0.39 is 33.6 Å². The number of benzene rings is 1. The lowest BCUT2D eigenvalue weighted by Gasteiger charge is -2.10. The smallest absolute Gasteiger partial charge is 0.293 e. The van der Waals surface area contributed by atoms with Crippen LogP contribution in [0.5, 0.6) is 0 Å². The highest BCUT2D eigenvalue weighted by atomic mass is 19.1. The summed E-state index contributed by atoms with van der Waals surface area (Å²) < 4.78 is 13.4. The van der Waals surface area contributed by atoms with E-state index in [1.54, 1.807) is 13.8 Å². The minimum atomic E-state index is -0.883. The van der Waals surface area contributed by atoms with Gasteiger partial charge in [0.25, 0.3) is 11.6 Å². The second kappa shape index (κ2) is 4.77. The second-order valence-corrected chi connectivity index (χ2v) is 3.74. The van der Waals surface area contributed by atoms with Gasteiger partial charge in [0.1, 0.15) is 17.1 Å². The number of halogens is 1. The van der Waals surface area contributed by atoms with Gasteiger partial charge in [-0.05, 0) is 19.9 Å². The van der Waals surface area contributed by atoms with Crippen molar-refractivity contribution in [3.8, 4) is 0 Å². The summed E-state index contributed by atoms with van der Waals surface area (Å²) in [5, 5.41) is 13.0. The number of nitrogens with zero attached hydrogens (tertiary/aromatic N) is 1. The summed E-state index contributed by atoms with van der Waals surface area (Å²) in [4.78, 5) is 21.5. The van der Waals surface area contributed by atoms with Crippen LogP contribution in [0.4, 0.5) is 15.8 Å². The highest BCUT2D eigenvalue weighted by Gasteiger charge is 2.23. The number of carbonyl (C=O) groups excluding carboxylic acids is 1. The number of nitrogen functional groups attached to an aromatic ring is 1. The van der Waals surface area contributed by atoms with E-state index in [9.17, 15) is 19.3 Å². The van der Waals surface area contributed by atoms with E-state index in [0.29, 0.717) is 0 Å². The Morgan fingerprint density at radius 3 is 2.59 bits per heavy atom. The highest BCUT2D eigenvalue weighted by molar-refractivity contribution is 6.01. The minimum absolute atomic E-state index is 0.222. The van der Waals surface area contributed by atoms with Gasteiger partial charge >= 0.3 is 0 Å². The maximum atomic E-state index is 13.4. The summed E-state index contributed by atoms with van der Waals surface area (Å²) in [6, 6.07) is 1.56. The first-order valence-corrected chi connectivity index (χ1v) is 4.87. The second-order valence-electron chi connectivity index (χ2n) is 3.74. The molecule has 1 rings (SSSR count). The van der Waals surface area contributed by atoms with Crippen LogP contribution in [0.1, 0.15) is 24.2 Å². The molecule has 92 valence electrons. The summed E-state index contributed by atoms with van der Waals surface area (Å²) in [5.74, 6) is -1.65. The summed E-state index contributed by atoms with van der Waals surface area (Å²) in [7, 11) is 0. The lowest BCUT2D eigenvalue weighted by molar-refractivity contribution is -0.384. The van der Waals surface area contributed by atoms with Gasteiger partial charge in [0.15, 0.2) is 0 Å². The molecule has 0 atom stereocenters. The number of nitrogens with one attached hydrogen (secondary N) is 1. The largest absolute Gasteiger partial charge is 0.392 e. The molecular weight excluding hydrogens is 229 g/mol. The van der Waals surface area contributed by atoms with Crippen LogP contribution in [0.2, 0.25) is 0 Å². The van der Waals surface area contributed by atoms with E-state index in [1.807, 2.05) is 0 Å². The van der Waals surface area contributed by atoms with E-state index in [2.05, 4.69) is 5.32 Å². The first kappa shape index (κ1) is 12.9. The Bertz CT molecular complexity index is 474. The number of nitrogens with two attached hydrogens (primary N) is 1. The van der Waals surface area contributed by atoms with Crippen LogP contribution in [0.3, 0.4) is 0 Å². The molecule has 0 aliphatic rings. The first-order chi connectivity index (χ1) is 7.84. The predicted molar refractivity (Wildman–Crippen MR) is 60.1 cm³/mol. The van der Waals surface area contributed by atoms with Crippen molar-refractivity contribution in [3.63, 3.8) is 0 Å². The molecule has 0 saturated carbocycles. The maximum absolute atomic E-state index is 13.4. The molecule has 0 aliphatic carbocycles. The van der Waals surface area contributed by atoms with Gasteiger partial charge in [-0.1, -0.05) is 0 Å². The molecule has 1 amide bonds. The Morgan fingerprint density at radius 1 is 1.53 bits per heavy atom. The average molecular weight is 241 g/mol. The van der Waals surface area contributed by atoms with Crippen molar-refractivity contribution < 1.29 is 14.1 Å². The monoisotopic (exact) mass is 241 g/mol. The zero-order valence-electron chi connectivity index (χ0n) is 9.36. The van der Waals surface area contributed by atoms with Crippen LogP contribution < -0.4 is 11.1 Å². The SMILES string of the molecule is CC(C)NC(=O)c1c(F)ccc([N+](=O)[O-])c1N. The Morgan fingerprint density at radius 2 is 2.12 bits per heavy atom. The molecule has 1 aromatic carbocycles. The Balaban J connectivity index is 3.27. The predicted octanol–water partition coefficient (Wildman–Crippen LogP) is 1.45. The summed E-state index contributed by atoms with van der Waals surface area (Å²) in [6.45, 7) is 3.37. The van der Waals surface area contributed by atoms with Gasteiger partial charge in [-0.2, -0.15) is 0 Å². The number of hydrogen-bond donors (Lipinski definition) is 2. The summed E-state index contributed by atoms with van der Waals surface area (Å²) in [5.41, 5.74) is 3.98. The number of amides is 1. The molecular formula is C10H12FN3O3. The minimum Gasteiger partial charge on any atom is -0.392 e. The molecule has 1 aromatic rings. The molecule has 0 bridgehead atoms. The standard InChI is InChI=1S/C10H12FN3O3/c1-5(2)13-10(15)8-6(11)3-4-7(9(8)12)14(16)17/h3-5H,12H2,1-2H3,(H,13,15). The van der Waals surface area contributed by atoms with Gasteiger partial charge in [-0.15, -0.1) is 0 Å². The Labute approximate surface area is 96.8 Å². The van der Waals surface area contributed by atoms with Crippen LogP contribution in [0.25, 0.3) is 0 Å². The van der Waals surface area contributed by atoms with Gasteiger partial charge in [0.05, 0.1) is 4.92 Å². The lowest BCUT2D eigenvalue weighted by atomic mass is 10.1. The van der Waals surface area contributed by atoms with Crippen LogP contribution in [-0.2, 0) is 0 Å². The fraction of sp³-hybridized carbons (Fsp3) is 0.300. The Hall–Kier alpha value is -2.18. The topological polar surface area (TPSA) is 98.3 Å². The quantitative estimate of drug-likeness (QED) is 0.475. The van der Waals surface area contributed by atoms with Crippen LogP contribution in [0.15, 0.2) is 12.1 Å². The third kappa shape index (κ3) is 2.68. The molecule has 0 radical (unpaired) electrons. The van der Waals surface area contributed by atoms with Crippen molar-refractivity contribution in [3.05, 3.63) is 33.6 Å². The molecule has 3 N–H and O–H groups in total. The zero-order valence-corrected chi connectivity index (χ0v) is 9.36. The molecule has 17 heavy (non-hydrogen) atoms. The third-order valence-corrected chi connectivity index (χ3v) is 2.02. The number of rotatable bonds is 3. The normalized spacial score (nSPS) is 10.4. The van der Waals surface area contributed by atoms with Crippen molar-refractivity contribution in [2.75, 3.05) is 5.73 Å². The van der Waals surface area contributed by atoms with Crippen LogP contribution >= 0.6 is 0 Å². The van der Waals surface area contributed by atoms with E-state index >= 15 is 0 Å². The van der Waals surface area contributed by atoms with Crippen molar-refractivity contribution in [2.24, 2.45) is 0 Å². The number of nitro groups is 1. The van der Waals surface area contributed by atoms with E-state index in [-0.39, 0.29) is 6.04 Å². The molecule has 0 aromatic heterocycles. The average Bonchev–Trinajstić information content (AvgIpc) is 2.15. The number of carbonyl (C=O) groups is 1. The lowest BCUT2D eigenvalue weighted by Crippen LogP contribution is -2.31. The summed E-state index contributed by atoms with van der Waals surface area (Å²) in [6.07, 6.45) is 0. The third-order valence-electron chi connectivity index (χ3n) is 2.02. The van der Waals surface area contributed by atoms with Crippen molar-refractivity contribution in [2.45, 2.75) is 19.9 Å². The Kier molecular flexibility index (Phi) is 3.62. The molecule has 0 heterocycles. The molecule has 0 saturated heterocycles. The van der Waals surface area contributed by atoms with Crippen molar-refractivity contribution >= 4 is 17.3 Å². The van der Waals surface area contributed by atoms with Gasteiger partial charge in [0.2, 0.25) is 0 Å². The first-order valence-electron chi connectivity index (χ1n) is 4.87. The van der Waals surface area contributed by atoms with Crippen LogP contribution in [0, 0.1) is 15.9 Å². The molecule has 0 fully saturated rings. The highest BCUT2D eigenvalue weighted by Crippen LogP contribution is 2.27. The zero-order chi connectivity index (χ0) is 13.2. The van der Waals surface area contributed by atoms with Gasteiger partial charge in [0, 0.05) is 12.1 Å². The van der Waals surface area contributed by atoms with E-state index in [4.69, 9.17) is 5.73 Å². The molecule has 0 aliphatic heterocycles. The van der Waals surface area contributed by atoms with E-state index in [1.165, 1.54) is 0 Å². The summed E-state index contributed by atoms with van der Waals surface area (Å²) >= 11 is 0. The fourth-order valence-electron chi connectivity index (χ4n) is 1.31. The van der Waals surface area contributed by atoms with Gasteiger partial charge in [-0.3, -0.25) is 14.9 Å². The van der Waals surface area contributed by atoms with Crippen molar-refractivity contribution in [1.82, 2.24) is 5.32 Å². The number of hydrogen-bond acceptors (Lipinski definition) is 4. The maximum Gasteiger partial charge on any atom is 0.293 e.